The van der Waals surface area contributed by atoms with Crippen molar-refractivity contribution in [1.82, 2.24) is 0 Å². The Labute approximate surface area is 93.4 Å². The Morgan fingerprint density at radius 2 is 1.92 bits per heavy atom. The minimum Gasteiger partial charge on any atom is -0.489 e. The van der Waals surface area contributed by atoms with Crippen LogP contribution < -0.4 is 4.74 Å². The summed E-state index contributed by atoms with van der Waals surface area (Å²) in [5, 5.41) is 0. The fourth-order valence-electron chi connectivity index (χ4n) is 1.06. The number of benzene rings is 1. The van der Waals surface area contributed by atoms with E-state index in [1.807, 2.05) is 30.3 Å². The van der Waals surface area contributed by atoms with E-state index in [1.54, 1.807) is 0 Å². The van der Waals surface area contributed by atoms with Crippen molar-refractivity contribution >= 4 is 23.4 Å². The Hall–Kier alpha value is -0.188. The number of fused-ring (bicyclic) bond motifs is 1. The van der Waals surface area contributed by atoms with Crippen LogP contribution in [0.5, 0.6) is 5.75 Å². The van der Waals surface area contributed by atoms with Crippen LogP contribution in [0.3, 0.4) is 0 Å². The Morgan fingerprint density at radius 3 is 2.67 bits per heavy atom. The molecule has 0 fully saturated rings. The summed E-state index contributed by atoms with van der Waals surface area (Å²) in [6.45, 7) is 0.705. The van der Waals surface area contributed by atoms with Crippen molar-refractivity contribution in [3.05, 3.63) is 35.9 Å². The standard InChI is InChI=1S/C9H8O.Al.Mn.3H/c1-2-6-9-8(4-1)5-3-7-10-9;;;;;/h1-6H,7H2;;;;;. The van der Waals surface area contributed by atoms with Gasteiger partial charge in [0, 0.05) is 22.6 Å². The van der Waals surface area contributed by atoms with Gasteiger partial charge in [0.2, 0.25) is 0 Å². The van der Waals surface area contributed by atoms with Crippen molar-refractivity contribution in [3.8, 4) is 5.75 Å². The first-order chi connectivity index (χ1) is 4.97. The molecule has 12 heavy (non-hydrogen) atoms. The molecule has 2 rings (SSSR count). The van der Waals surface area contributed by atoms with Crippen LogP contribution >= 0.6 is 0 Å². The SMILES string of the molecule is C1=Cc2ccccc2OC1.[AlH3].[Mn]. The second-order valence-electron chi connectivity index (χ2n) is 2.25. The second-order valence-corrected chi connectivity index (χ2v) is 2.25. The largest absolute Gasteiger partial charge is 0.489 e. The van der Waals surface area contributed by atoms with Crippen LogP contribution in [0, 0.1) is 0 Å². The quantitative estimate of drug-likeness (QED) is 0.587. The molecule has 0 saturated heterocycles. The number of ether oxygens (including phenoxy) is 1. The van der Waals surface area contributed by atoms with Gasteiger partial charge >= 0.3 is 0 Å². The maximum atomic E-state index is 5.34. The van der Waals surface area contributed by atoms with Gasteiger partial charge in [-0.3, -0.25) is 0 Å². The van der Waals surface area contributed by atoms with E-state index in [1.165, 1.54) is 5.56 Å². The molecule has 1 heterocycles. The van der Waals surface area contributed by atoms with E-state index in [4.69, 9.17) is 4.74 Å². The van der Waals surface area contributed by atoms with Crippen LogP contribution in [-0.2, 0) is 17.1 Å². The molecule has 0 atom stereocenters. The molecule has 0 aliphatic carbocycles. The molecule has 0 saturated carbocycles. The van der Waals surface area contributed by atoms with Gasteiger partial charge < -0.3 is 4.74 Å². The van der Waals surface area contributed by atoms with Crippen molar-refractivity contribution in [1.29, 1.82) is 0 Å². The second kappa shape index (κ2) is 5.46. The fourth-order valence-corrected chi connectivity index (χ4v) is 1.06. The van der Waals surface area contributed by atoms with E-state index in [0.29, 0.717) is 6.61 Å². The van der Waals surface area contributed by atoms with Crippen LogP contribution in [0.4, 0.5) is 0 Å². The van der Waals surface area contributed by atoms with Gasteiger partial charge in [0.25, 0.3) is 0 Å². The van der Waals surface area contributed by atoms with Crippen LogP contribution in [0.25, 0.3) is 6.08 Å². The first-order valence-electron chi connectivity index (χ1n) is 3.35. The topological polar surface area (TPSA) is 9.23 Å². The van der Waals surface area contributed by atoms with Crippen molar-refractivity contribution in [2.45, 2.75) is 0 Å². The Balaban J connectivity index is 0.000000605. The molecule has 0 bridgehead atoms. The summed E-state index contributed by atoms with van der Waals surface area (Å²) >= 11 is 0. The molecule has 1 radical (unpaired) electrons. The van der Waals surface area contributed by atoms with Crippen LogP contribution in [-0.4, -0.2) is 24.0 Å². The van der Waals surface area contributed by atoms with E-state index in [-0.39, 0.29) is 34.4 Å². The van der Waals surface area contributed by atoms with Crippen molar-refractivity contribution < 1.29 is 21.8 Å². The molecule has 1 aromatic carbocycles. The summed E-state index contributed by atoms with van der Waals surface area (Å²) in [6, 6.07) is 8.03. The molecular formula is C9H11AlMnO. The molecule has 0 aromatic heterocycles. The van der Waals surface area contributed by atoms with Gasteiger partial charge in [-0.05, 0) is 12.1 Å². The van der Waals surface area contributed by atoms with E-state index < -0.39 is 0 Å². The summed E-state index contributed by atoms with van der Waals surface area (Å²) < 4.78 is 5.34. The van der Waals surface area contributed by atoms with Crippen molar-refractivity contribution in [3.63, 3.8) is 0 Å². The molecule has 3 heteroatoms. The van der Waals surface area contributed by atoms with Gasteiger partial charge in [-0.1, -0.05) is 24.3 Å². The number of para-hydroxylation sites is 1. The van der Waals surface area contributed by atoms with Gasteiger partial charge in [-0.25, -0.2) is 0 Å². The Bertz CT molecular complexity index is 273. The predicted molar refractivity (Wildman–Crippen MR) is 50.9 cm³/mol. The average molecular weight is 217 g/mol. The summed E-state index contributed by atoms with van der Waals surface area (Å²) in [4.78, 5) is 0. The third kappa shape index (κ3) is 2.40. The molecule has 0 N–H and O–H groups in total. The summed E-state index contributed by atoms with van der Waals surface area (Å²) in [6.07, 6.45) is 4.10. The first-order valence-corrected chi connectivity index (χ1v) is 3.35. The van der Waals surface area contributed by atoms with E-state index in [0.717, 1.165) is 5.75 Å². The van der Waals surface area contributed by atoms with Crippen molar-refractivity contribution in [2.75, 3.05) is 6.61 Å². The average Bonchev–Trinajstić information content (AvgIpc) is 2.05. The molecular weight excluding hydrogens is 206 g/mol. The minimum atomic E-state index is 0. The Kier molecular flexibility index (Phi) is 5.37. The van der Waals surface area contributed by atoms with Gasteiger partial charge in [0.05, 0.1) is 0 Å². The van der Waals surface area contributed by atoms with E-state index in [9.17, 15) is 0 Å². The van der Waals surface area contributed by atoms with Crippen molar-refractivity contribution in [2.24, 2.45) is 0 Å². The third-order valence-electron chi connectivity index (χ3n) is 1.55. The molecule has 0 amide bonds. The maximum absolute atomic E-state index is 5.34. The van der Waals surface area contributed by atoms with E-state index >= 15 is 0 Å². The zero-order chi connectivity index (χ0) is 6.81. The van der Waals surface area contributed by atoms with Crippen LogP contribution in [0.15, 0.2) is 30.3 Å². The summed E-state index contributed by atoms with van der Waals surface area (Å²) in [7, 11) is 0. The van der Waals surface area contributed by atoms with Gasteiger partial charge in [-0.15, -0.1) is 0 Å². The zero-order valence-corrected chi connectivity index (χ0v) is 7.14. The summed E-state index contributed by atoms with van der Waals surface area (Å²) in [5.74, 6) is 0.991. The molecule has 0 spiro atoms. The number of hydrogen-bond acceptors (Lipinski definition) is 1. The normalized spacial score (nSPS) is 11.7. The predicted octanol–water partition coefficient (Wildman–Crippen LogP) is 0.906. The van der Waals surface area contributed by atoms with E-state index in [2.05, 4.69) is 6.08 Å². The molecule has 1 nitrogen and oxygen atoms in total. The summed E-state index contributed by atoms with van der Waals surface area (Å²) in [5.41, 5.74) is 1.17. The van der Waals surface area contributed by atoms with Gasteiger partial charge in [-0.2, -0.15) is 0 Å². The molecule has 1 aromatic rings. The van der Waals surface area contributed by atoms with Gasteiger partial charge in [0.15, 0.2) is 17.4 Å². The fraction of sp³-hybridized carbons (Fsp3) is 0.111. The third-order valence-corrected chi connectivity index (χ3v) is 1.55. The monoisotopic (exact) mass is 217 g/mol. The first kappa shape index (κ1) is 11.8. The Morgan fingerprint density at radius 1 is 1.17 bits per heavy atom. The number of rotatable bonds is 0. The van der Waals surface area contributed by atoms with Crippen LogP contribution in [0.1, 0.15) is 5.56 Å². The molecule has 1 aliphatic heterocycles. The molecule has 0 unspecified atom stereocenters. The van der Waals surface area contributed by atoms with Gasteiger partial charge in [0.1, 0.15) is 12.4 Å². The maximum Gasteiger partial charge on any atom is 0.187 e. The zero-order valence-electron chi connectivity index (χ0n) is 5.96. The smallest absolute Gasteiger partial charge is 0.187 e. The number of hydrogen-bond donors (Lipinski definition) is 0. The molecule has 1 aliphatic rings. The van der Waals surface area contributed by atoms with Crippen LogP contribution in [0.2, 0.25) is 0 Å². The minimum absolute atomic E-state index is 0. The molecule has 63 valence electrons.